The van der Waals surface area contributed by atoms with Gasteiger partial charge in [0.25, 0.3) is 5.79 Å². The molecule has 3 aliphatic heterocycles. The summed E-state index contributed by atoms with van der Waals surface area (Å²) in [5.74, 6) is -38.7. The molecule has 1 unspecified atom stereocenters. The second kappa shape index (κ2) is 25.5. The number of aliphatic hydroxyl groups is 9. The monoisotopic (exact) mass is 1260 g/mol. The normalized spacial score (nSPS) is 33.3. The van der Waals surface area contributed by atoms with Gasteiger partial charge in [-0.25, -0.2) is 9.59 Å². The van der Waals surface area contributed by atoms with E-state index in [-0.39, 0.29) is 12.5 Å². The number of allylic oxidation sites excluding steroid dienone is 4. The molecule has 33 nitrogen and oxygen atoms in total. The molecule has 4 aliphatic carbocycles. The molecule has 9 rings (SSSR count). The predicted molar refractivity (Wildman–Crippen MR) is 282 cm³/mol. The third kappa shape index (κ3) is 11.1. The third-order valence-corrected chi connectivity index (χ3v) is 16.3. The number of carbonyl (C=O) groups is 13. The van der Waals surface area contributed by atoms with E-state index >= 15 is 14.4 Å². The van der Waals surface area contributed by atoms with Gasteiger partial charge in [-0.15, -0.1) is 0 Å². The minimum Gasteiger partial charge on any atom is -0.479 e. The fraction of sp³-hybridized carbons (Fsp3) is 0.456. The number of hydrogen-bond acceptors (Lipinski definition) is 30. The molecule has 2 aromatic rings. The van der Waals surface area contributed by atoms with E-state index < -0.39 is 241 Å². The van der Waals surface area contributed by atoms with Gasteiger partial charge in [-0.1, -0.05) is 53.6 Å². The fourth-order valence-electron chi connectivity index (χ4n) is 11.8. The summed E-state index contributed by atoms with van der Waals surface area (Å²) in [6.07, 6.45) is -34.6. The molecular weight excluding hydrogens is 1210 g/mol. The Hall–Kier alpha value is -8.32. The zero-order valence-electron chi connectivity index (χ0n) is 46.3. The van der Waals surface area contributed by atoms with Crippen LogP contribution in [0.3, 0.4) is 0 Å². The second-order valence-corrected chi connectivity index (χ2v) is 21.6. The molecular formula is C57H53N3O30. The standard InChI is InChI=1S/C57H53N3O30/c58-60-59-12-5-13-85-54(18-22-14-33(67)34(68)17-32(22)66)51(42(73)41(72)36(19-61)86-54)90-56(48(77)38-30(64)10-11-31(65)40(38)71)49(78)43(74)45(88-56)37(20-62)87-57(53(82)84-21-29-26-8-3-1-6-24(26)25-7-2-4-9-27(25)29)55(83,50(79)46(89-57)44(75)52(80)81)47(76)28-15-23(63)16-35(69)39(28)70/h1-4,6-11,14-15,29,36-38,41-46,49-51,61-62,72-75,78-79,83H,5,12-13,16-21H2,(H,80,81)/t36-,37-,38?,41-,42+,43+,44+,45+,46+,49-,50+,51+,54+,55-,56+,57-/m1/s1. The van der Waals surface area contributed by atoms with Crippen molar-refractivity contribution < 1.29 is 147 Å². The lowest BCUT2D eigenvalue weighted by Crippen LogP contribution is -2.71. The molecule has 0 bridgehead atoms. The molecule has 0 saturated carbocycles. The zero-order chi connectivity index (χ0) is 65.7. The summed E-state index contributed by atoms with van der Waals surface area (Å²) in [7, 11) is 0. The summed E-state index contributed by atoms with van der Waals surface area (Å²) >= 11 is 0. The number of fused-ring (bicyclic) bond motifs is 3. The minimum absolute atomic E-state index is 0.167. The first-order valence-corrected chi connectivity index (χ1v) is 27.3. The number of benzene rings is 2. The SMILES string of the molecule is [N-]=[N+]=NCCCO[C@@]1(CC2=CC(=O)C(=O)CC2=O)O[C@H](CO)[C@@H](O)[C@H](O)[C@@H]1O[C@]1(C(=O)C2C(=O)C=CC(=O)C2=O)O[C@@H]([C@@H](CO)O[C@]2(C(=O)OCC3c4ccccc4-c4ccccc43)O[C@@H]([C@H](O)C(=O)O)[C@H](O)[C@]2(O)C(=O)C2=CC(=O)CC(=O)C2=O)[C@H](O)[C@H]1O. The van der Waals surface area contributed by atoms with Crippen LogP contribution in [0.5, 0.6) is 0 Å². The quantitative estimate of drug-likeness (QED) is 0.00725. The summed E-state index contributed by atoms with van der Waals surface area (Å²) in [6, 6.07) is 13.0. The van der Waals surface area contributed by atoms with Crippen molar-refractivity contribution in [2.75, 3.05) is 33.0 Å². The van der Waals surface area contributed by atoms with Gasteiger partial charge in [0, 0.05) is 29.4 Å². The van der Waals surface area contributed by atoms with Gasteiger partial charge < -0.3 is 84.2 Å². The second-order valence-electron chi connectivity index (χ2n) is 21.6. The molecule has 0 amide bonds. The van der Waals surface area contributed by atoms with Gasteiger partial charge in [-0.2, -0.15) is 0 Å². The third-order valence-electron chi connectivity index (χ3n) is 16.3. The topological polar surface area (TPSA) is 538 Å². The van der Waals surface area contributed by atoms with Crippen molar-refractivity contribution in [2.24, 2.45) is 11.0 Å². The van der Waals surface area contributed by atoms with Crippen molar-refractivity contribution >= 4 is 75.6 Å². The van der Waals surface area contributed by atoms with Crippen LogP contribution in [-0.2, 0) is 95.5 Å². The number of carboxylic acids is 1. The minimum atomic E-state index is -4.54. The molecule has 10 N–H and O–H groups in total. The molecule has 3 heterocycles. The van der Waals surface area contributed by atoms with Crippen LogP contribution in [0.25, 0.3) is 21.6 Å². The van der Waals surface area contributed by atoms with Crippen molar-refractivity contribution in [3.63, 3.8) is 0 Å². The van der Waals surface area contributed by atoms with Crippen LogP contribution in [-0.4, -0.2) is 250 Å². The number of carboxylic acid groups (broad SMARTS) is 1. The number of rotatable bonds is 23. The summed E-state index contributed by atoms with van der Waals surface area (Å²) in [6.45, 7) is -5.26. The number of hydrogen-bond donors (Lipinski definition) is 10. The average molecular weight is 1260 g/mol. The summed E-state index contributed by atoms with van der Waals surface area (Å²) in [4.78, 5) is 179. The van der Waals surface area contributed by atoms with Crippen LogP contribution in [0.2, 0.25) is 0 Å². The average Bonchev–Trinajstić information content (AvgIpc) is 1.50. The van der Waals surface area contributed by atoms with E-state index in [1.807, 2.05) is 0 Å². The molecule has 3 saturated heterocycles. The molecule has 0 radical (unpaired) electrons. The number of aliphatic hydroxyl groups excluding tert-OH is 8. The summed E-state index contributed by atoms with van der Waals surface area (Å²) in [5, 5.41) is 120. The highest BCUT2D eigenvalue weighted by Gasteiger charge is 2.79. The number of carbonyl (C=O) groups excluding carboxylic acids is 12. The first-order valence-electron chi connectivity index (χ1n) is 27.3. The van der Waals surface area contributed by atoms with E-state index in [0.29, 0.717) is 40.5 Å². The van der Waals surface area contributed by atoms with Gasteiger partial charge >= 0.3 is 17.7 Å². The Kier molecular flexibility index (Phi) is 18.7. The molecule has 0 spiro atoms. The number of esters is 1. The molecule has 7 aliphatic rings. The van der Waals surface area contributed by atoms with Crippen molar-refractivity contribution in [3.05, 3.63) is 106 Å². The smallest absolute Gasteiger partial charge is 0.370 e. The lowest BCUT2D eigenvalue weighted by atomic mass is 9.76. The Morgan fingerprint density at radius 3 is 2.04 bits per heavy atom. The number of ketones is 11. The molecule has 2 aromatic carbocycles. The van der Waals surface area contributed by atoms with Crippen LogP contribution in [0.4, 0.5) is 0 Å². The Morgan fingerprint density at radius 2 is 1.42 bits per heavy atom. The van der Waals surface area contributed by atoms with Gasteiger partial charge in [0.05, 0.1) is 38.2 Å². The fourth-order valence-corrected chi connectivity index (χ4v) is 11.8. The van der Waals surface area contributed by atoms with Crippen LogP contribution in [0.1, 0.15) is 42.7 Å². The Balaban J connectivity index is 1.22. The molecule has 90 heavy (non-hydrogen) atoms. The van der Waals surface area contributed by atoms with E-state index in [0.717, 1.165) is 0 Å². The molecule has 476 valence electrons. The maximum Gasteiger partial charge on any atom is 0.370 e. The van der Waals surface area contributed by atoms with Crippen molar-refractivity contribution in [2.45, 2.75) is 122 Å². The number of aliphatic carboxylic acids is 1. The molecule has 0 aromatic heterocycles. The number of nitrogens with zero attached hydrogens (tertiary/aromatic N) is 3. The van der Waals surface area contributed by atoms with Gasteiger partial charge in [-0.05, 0) is 58.5 Å². The summed E-state index contributed by atoms with van der Waals surface area (Å²) < 4.78 is 41.4. The largest absolute Gasteiger partial charge is 0.479 e. The Bertz CT molecular complexity index is 3540. The van der Waals surface area contributed by atoms with Crippen molar-refractivity contribution in [1.82, 2.24) is 0 Å². The highest BCUT2D eigenvalue weighted by atomic mass is 16.8. The van der Waals surface area contributed by atoms with Gasteiger partial charge in [0.1, 0.15) is 67.6 Å². The van der Waals surface area contributed by atoms with Gasteiger partial charge in [0.2, 0.25) is 57.7 Å². The van der Waals surface area contributed by atoms with E-state index in [1.165, 1.54) is 0 Å². The number of azide groups is 1. The first kappa shape index (κ1) is 66.1. The number of Topliss-reactive ketones (excluding diaryl/α,β-unsaturated/α-hetero) is 7. The van der Waals surface area contributed by atoms with Gasteiger partial charge in [-0.3, -0.25) is 52.7 Å². The highest BCUT2D eigenvalue weighted by molar-refractivity contribution is 6.55. The van der Waals surface area contributed by atoms with E-state index in [9.17, 15) is 99.0 Å². The van der Waals surface area contributed by atoms with Crippen LogP contribution >= 0.6 is 0 Å². The Labute approximate surface area is 503 Å². The number of ether oxygens (including phenoxy) is 7. The molecule has 3 fully saturated rings. The predicted octanol–water partition coefficient (Wildman–Crippen LogP) is -5.42. The van der Waals surface area contributed by atoms with E-state index in [1.54, 1.807) is 48.5 Å². The first-order chi connectivity index (χ1) is 42.6. The van der Waals surface area contributed by atoms with E-state index in [2.05, 4.69) is 10.0 Å². The Morgan fingerprint density at radius 1 is 0.767 bits per heavy atom. The summed E-state index contributed by atoms with van der Waals surface area (Å²) in [5.41, 5.74) is 4.13. The zero-order valence-corrected chi connectivity index (χ0v) is 46.3. The van der Waals surface area contributed by atoms with Gasteiger partial charge in [0.15, 0.2) is 29.4 Å². The van der Waals surface area contributed by atoms with Crippen LogP contribution < -0.4 is 0 Å². The van der Waals surface area contributed by atoms with Crippen LogP contribution in [0.15, 0.2) is 89.1 Å². The van der Waals surface area contributed by atoms with Crippen molar-refractivity contribution in [1.29, 1.82) is 0 Å². The maximum atomic E-state index is 15.4. The van der Waals surface area contributed by atoms with Crippen molar-refractivity contribution in [3.8, 4) is 11.1 Å². The lowest BCUT2D eigenvalue weighted by molar-refractivity contribution is -0.402. The lowest BCUT2D eigenvalue weighted by Gasteiger charge is -2.52. The van der Waals surface area contributed by atoms with Crippen LogP contribution in [0, 0.1) is 5.92 Å². The highest BCUT2D eigenvalue weighted by Crippen LogP contribution is 2.51. The maximum absolute atomic E-state index is 15.4. The molecule has 33 heteroatoms. The molecule has 16 atom stereocenters. The van der Waals surface area contributed by atoms with E-state index in [4.69, 9.17) is 38.7 Å².